The number of halogens is 1. The van der Waals surface area contributed by atoms with E-state index in [4.69, 9.17) is 9.47 Å². The van der Waals surface area contributed by atoms with Gasteiger partial charge in [-0.15, -0.1) is 0 Å². The minimum atomic E-state index is -0.244. The van der Waals surface area contributed by atoms with Crippen molar-refractivity contribution in [2.45, 2.75) is 0 Å². The Morgan fingerprint density at radius 2 is 1.74 bits per heavy atom. The van der Waals surface area contributed by atoms with Crippen molar-refractivity contribution in [3.8, 4) is 22.8 Å². The fourth-order valence-electron chi connectivity index (χ4n) is 3.83. The lowest BCUT2D eigenvalue weighted by Crippen LogP contribution is -2.49. The smallest absolute Gasteiger partial charge is 0.272 e. The third-order valence-electron chi connectivity index (χ3n) is 5.54. The third-order valence-corrected chi connectivity index (χ3v) is 5.54. The fourth-order valence-corrected chi connectivity index (χ4v) is 3.83. The van der Waals surface area contributed by atoms with Gasteiger partial charge in [-0.3, -0.25) is 9.48 Å². The molecule has 1 amide bonds. The summed E-state index contributed by atoms with van der Waals surface area (Å²) in [5.41, 5.74) is 2.49. The van der Waals surface area contributed by atoms with Crippen molar-refractivity contribution in [3.05, 3.63) is 60.0 Å². The van der Waals surface area contributed by atoms with Gasteiger partial charge in [0.1, 0.15) is 23.0 Å². The molecular formula is C23H25FN4O3. The molecule has 2 aromatic carbocycles. The van der Waals surface area contributed by atoms with E-state index in [0.29, 0.717) is 54.8 Å². The number of carbonyl (C=O) groups excluding carboxylic acids is 1. The number of hydrogen-bond acceptors (Lipinski definition) is 5. The summed E-state index contributed by atoms with van der Waals surface area (Å²) < 4.78 is 26.4. The molecule has 162 valence electrons. The van der Waals surface area contributed by atoms with Crippen molar-refractivity contribution in [1.82, 2.24) is 14.7 Å². The maximum atomic E-state index is 14.1. The van der Waals surface area contributed by atoms with Crippen LogP contribution >= 0.6 is 0 Å². The number of benzene rings is 2. The van der Waals surface area contributed by atoms with E-state index in [1.165, 1.54) is 6.07 Å². The highest BCUT2D eigenvalue weighted by Crippen LogP contribution is 2.33. The van der Waals surface area contributed by atoms with Crippen molar-refractivity contribution < 1.29 is 18.7 Å². The lowest BCUT2D eigenvalue weighted by atomic mass is 10.1. The number of ether oxygens (including phenoxy) is 2. The molecule has 0 bridgehead atoms. The van der Waals surface area contributed by atoms with Crippen LogP contribution in [0.15, 0.2) is 48.5 Å². The molecule has 4 rings (SSSR count). The van der Waals surface area contributed by atoms with Crippen LogP contribution in [0.3, 0.4) is 0 Å². The molecule has 1 aliphatic heterocycles. The first-order valence-corrected chi connectivity index (χ1v) is 10.1. The quantitative estimate of drug-likeness (QED) is 0.630. The highest BCUT2D eigenvalue weighted by Gasteiger charge is 2.26. The first-order valence-electron chi connectivity index (χ1n) is 10.1. The van der Waals surface area contributed by atoms with E-state index in [1.54, 1.807) is 55.1 Å². The van der Waals surface area contributed by atoms with Crippen LogP contribution in [-0.4, -0.2) is 61.0 Å². The number of aryl methyl sites for hydroxylation is 1. The average Bonchev–Trinajstić information content (AvgIpc) is 3.19. The van der Waals surface area contributed by atoms with E-state index in [1.807, 2.05) is 23.1 Å². The molecule has 8 heteroatoms. The number of nitrogens with zero attached hydrogens (tertiary/aromatic N) is 4. The molecule has 0 radical (unpaired) electrons. The Kier molecular flexibility index (Phi) is 5.79. The predicted molar refractivity (Wildman–Crippen MR) is 116 cm³/mol. The van der Waals surface area contributed by atoms with Gasteiger partial charge in [0.2, 0.25) is 0 Å². The number of methoxy groups -OCH3 is 2. The van der Waals surface area contributed by atoms with Gasteiger partial charge in [-0.2, -0.15) is 5.10 Å². The highest BCUT2D eigenvalue weighted by atomic mass is 19.1. The zero-order valence-corrected chi connectivity index (χ0v) is 17.8. The Hall–Kier alpha value is -3.55. The molecule has 2 heterocycles. The summed E-state index contributed by atoms with van der Waals surface area (Å²) in [6, 6.07) is 14.0. The van der Waals surface area contributed by atoms with Gasteiger partial charge in [0.05, 0.1) is 25.6 Å². The maximum Gasteiger partial charge on any atom is 0.272 e. The third kappa shape index (κ3) is 4.05. The van der Waals surface area contributed by atoms with Gasteiger partial charge in [-0.25, -0.2) is 4.39 Å². The van der Waals surface area contributed by atoms with Crippen LogP contribution < -0.4 is 14.4 Å². The van der Waals surface area contributed by atoms with Gasteiger partial charge < -0.3 is 19.3 Å². The van der Waals surface area contributed by atoms with Gasteiger partial charge >= 0.3 is 0 Å². The molecule has 1 fully saturated rings. The molecule has 1 aliphatic rings. The molecule has 7 nitrogen and oxygen atoms in total. The van der Waals surface area contributed by atoms with Crippen molar-refractivity contribution >= 4 is 11.6 Å². The Morgan fingerprint density at radius 3 is 2.42 bits per heavy atom. The number of amides is 1. The largest absolute Gasteiger partial charge is 0.497 e. The average molecular weight is 424 g/mol. The summed E-state index contributed by atoms with van der Waals surface area (Å²) in [4.78, 5) is 16.9. The normalized spacial score (nSPS) is 13.9. The molecule has 0 spiro atoms. The SMILES string of the molecule is COc1ccc(-c2cc(C(=O)N3CCN(c4ccccc4F)CC3)n(C)n2)c(OC)c1. The summed E-state index contributed by atoms with van der Waals surface area (Å²) >= 11 is 0. The molecule has 0 N–H and O–H groups in total. The topological polar surface area (TPSA) is 59.8 Å². The lowest BCUT2D eigenvalue weighted by molar-refractivity contribution is 0.0735. The lowest BCUT2D eigenvalue weighted by Gasteiger charge is -2.36. The molecule has 0 saturated carbocycles. The van der Waals surface area contributed by atoms with Crippen molar-refractivity contribution in [2.24, 2.45) is 7.05 Å². The molecule has 0 aliphatic carbocycles. The van der Waals surface area contributed by atoms with E-state index in [9.17, 15) is 9.18 Å². The van der Waals surface area contributed by atoms with Crippen LogP contribution in [0.25, 0.3) is 11.3 Å². The molecule has 0 atom stereocenters. The van der Waals surface area contributed by atoms with E-state index in [-0.39, 0.29) is 11.7 Å². The van der Waals surface area contributed by atoms with Gasteiger partial charge in [0, 0.05) is 44.9 Å². The van der Waals surface area contributed by atoms with Gasteiger partial charge in [0.15, 0.2) is 0 Å². The Balaban J connectivity index is 1.51. The molecule has 1 aromatic heterocycles. The number of anilines is 1. The van der Waals surface area contributed by atoms with Crippen molar-refractivity contribution in [1.29, 1.82) is 0 Å². The van der Waals surface area contributed by atoms with Crippen LogP contribution in [0.2, 0.25) is 0 Å². The summed E-state index contributed by atoms with van der Waals surface area (Å²) in [5.74, 6) is 0.962. The first-order chi connectivity index (χ1) is 15.0. The van der Waals surface area contributed by atoms with E-state index in [0.717, 1.165) is 5.56 Å². The summed E-state index contributed by atoms with van der Waals surface area (Å²) in [7, 11) is 4.93. The van der Waals surface area contributed by atoms with Crippen LogP contribution in [0.5, 0.6) is 11.5 Å². The summed E-state index contributed by atoms with van der Waals surface area (Å²) in [6.45, 7) is 2.17. The molecule has 0 unspecified atom stereocenters. The zero-order chi connectivity index (χ0) is 22.0. The molecular weight excluding hydrogens is 399 g/mol. The molecule has 1 saturated heterocycles. The molecule has 31 heavy (non-hydrogen) atoms. The van der Waals surface area contributed by atoms with Gasteiger partial charge in [-0.05, 0) is 30.3 Å². The summed E-state index contributed by atoms with van der Waals surface area (Å²) in [5, 5.41) is 4.52. The van der Waals surface area contributed by atoms with E-state index < -0.39 is 0 Å². The number of carbonyl (C=O) groups is 1. The number of hydrogen-bond donors (Lipinski definition) is 0. The second-order valence-electron chi connectivity index (χ2n) is 7.34. The zero-order valence-electron chi connectivity index (χ0n) is 17.8. The number of aromatic nitrogens is 2. The second-order valence-corrected chi connectivity index (χ2v) is 7.34. The second kappa shape index (κ2) is 8.67. The Labute approximate surface area is 180 Å². The first kappa shape index (κ1) is 20.7. The number of piperazine rings is 1. The fraction of sp³-hybridized carbons (Fsp3) is 0.304. The van der Waals surface area contributed by atoms with E-state index >= 15 is 0 Å². The minimum absolute atomic E-state index is 0.0955. The van der Waals surface area contributed by atoms with E-state index in [2.05, 4.69) is 5.10 Å². The number of para-hydroxylation sites is 1. The van der Waals surface area contributed by atoms with Crippen LogP contribution in [-0.2, 0) is 7.05 Å². The minimum Gasteiger partial charge on any atom is -0.497 e. The molecule has 3 aromatic rings. The summed E-state index contributed by atoms with van der Waals surface area (Å²) in [6.07, 6.45) is 0. The predicted octanol–water partition coefficient (Wildman–Crippen LogP) is 3.21. The van der Waals surface area contributed by atoms with Crippen molar-refractivity contribution in [2.75, 3.05) is 45.3 Å². The van der Waals surface area contributed by atoms with Crippen LogP contribution in [0, 0.1) is 5.82 Å². The van der Waals surface area contributed by atoms with Gasteiger partial charge in [-0.1, -0.05) is 12.1 Å². The van der Waals surface area contributed by atoms with Crippen LogP contribution in [0.1, 0.15) is 10.5 Å². The standard InChI is InChI=1S/C23H25FN4O3/c1-26-21(15-19(25-26)17-9-8-16(30-2)14-22(17)31-3)23(29)28-12-10-27(11-13-28)20-7-5-4-6-18(20)24/h4-9,14-15H,10-13H2,1-3H3. The number of rotatable bonds is 5. The van der Waals surface area contributed by atoms with Crippen LogP contribution in [0.4, 0.5) is 10.1 Å². The Morgan fingerprint density at radius 1 is 1.00 bits per heavy atom. The highest BCUT2D eigenvalue weighted by molar-refractivity contribution is 5.94. The Bertz CT molecular complexity index is 1090. The monoisotopic (exact) mass is 424 g/mol. The van der Waals surface area contributed by atoms with Crippen molar-refractivity contribution in [3.63, 3.8) is 0 Å². The van der Waals surface area contributed by atoms with Gasteiger partial charge in [0.25, 0.3) is 5.91 Å². The maximum absolute atomic E-state index is 14.1.